The third-order valence-electron chi connectivity index (χ3n) is 2.44. The average molecular weight is 309 g/mol. The Morgan fingerprint density at radius 3 is 2.63 bits per heavy atom. The number of esters is 1. The maximum Gasteiger partial charge on any atom is 0.341 e. The molecule has 0 aliphatic rings. The molecule has 0 spiro atoms. The lowest BCUT2D eigenvalue weighted by Gasteiger charge is -2.12. The van der Waals surface area contributed by atoms with E-state index in [0.717, 1.165) is 24.6 Å². The van der Waals surface area contributed by atoms with Crippen LogP contribution in [0.15, 0.2) is 23.1 Å². The highest BCUT2D eigenvalue weighted by molar-refractivity contribution is 8.13. The zero-order valence-corrected chi connectivity index (χ0v) is 12.1. The van der Waals surface area contributed by atoms with E-state index in [4.69, 9.17) is 15.4 Å². The van der Waals surface area contributed by atoms with Crippen molar-refractivity contribution in [3.63, 3.8) is 0 Å². The number of halogens is 2. The largest absolute Gasteiger partial charge is 0.459 e. The fraction of sp³-hybridized carbons (Fsp3) is 0.417. The number of benzene rings is 1. The van der Waals surface area contributed by atoms with Crippen LogP contribution in [-0.2, 0) is 13.8 Å². The first-order valence-corrected chi connectivity index (χ1v) is 8.01. The van der Waals surface area contributed by atoms with Gasteiger partial charge in [0.2, 0.25) is 0 Å². The van der Waals surface area contributed by atoms with Crippen LogP contribution in [0.25, 0.3) is 0 Å². The van der Waals surface area contributed by atoms with Gasteiger partial charge in [-0.25, -0.2) is 17.6 Å². The van der Waals surface area contributed by atoms with Crippen molar-refractivity contribution < 1.29 is 22.3 Å². The molecular weight excluding hydrogens is 295 g/mol. The number of carbonyl (C=O) groups excluding carboxylic acids is 1. The van der Waals surface area contributed by atoms with Crippen LogP contribution in [0, 0.1) is 5.82 Å². The Labute approximate surface area is 115 Å². The first kappa shape index (κ1) is 15.9. The summed E-state index contributed by atoms with van der Waals surface area (Å²) in [5, 5.41) is 0. The van der Waals surface area contributed by atoms with Crippen molar-refractivity contribution in [1.82, 2.24) is 0 Å². The van der Waals surface area contributed by atoms with Gasteiger partial charge in [0.15, 0.2) is 0 Å². The summed E-state index contributed by atoms with van der Waals surface area (Å²) >= 11 is 0. The molecule has 1 unspecified atom stereocenters. The lowest BCUT2D eigenvalue weighted by Crippen LogP contribution is -2.16. The summed E-state index contributed by atoms with van der Waals surface area (Å²) in [6.07, 6.45) is 1.08. The highest BCUT2D eigenvalue weighted by atomic mass is 35.7. The number of hydrogen-bond donors (Lipinski definition) is 0. The SMILES string of the molecule is CCCC(C)OC(=O)c1cc(S(=O)(=O)Cl)ccc1F. The van der Waals surface area contributed by atoms with Gasteiger partial charge in [-0.1, -0.05) is 13.3 Å². The molecule has 0 aliphatic heterocycles. The van der Waals surface area contributed by atoms with Gasteiger partial charge in [-0.15, -0.1) is 0 Å². The number of ether oxygens (including phenoxy) is 1. The average Bonchev–Trinajstić information content (AvgIpc) is 2.27. The minimum Gasteiger partial charge on any atom is -0.459 e. The zero-order chi connectivity index (χ0) is 14.6. The fourth-order valence-electron chi connectivity index (χ4n) is 1.52. The van der Waals surface area contributed by atoms with Gasteiger partial charge in [-0.2, -0.15) is 0 Å². The molecule has 19 heavy (non-hydrogen) atoms. The molecule has 0 amide bonds. The quantitative estimate of drug-likeness (QED) is 0.619. The lowest BCUT2D eigenvalue weighted by molar-refractivity contribution is 0.0318. The third-order valence-corrected chi connectivity index (χ3v) is 3.79. The zero-order valence-electron chi connectivity index (χ0n) is 10.5. The molecule has 1 aromatic carbocycles. The smallest absolute Gasteiger partial charge is 0.341 e. The van der Waals surface area contributed by atoms with Crippen LogP contribution in [0.3, 0.4) is 0 Å². The van der Waals surface area contributed by atoms with Crippen LogP contribution in [0.2, 0.25) is 0 Å². The minimum atomic E-state index is -4.02. The normalized spacial score (nSPS) is 13.1. The molecule has 0 heterocycles. The summed E-state index contributed by atoms with van der Waals surface area (Å²) in [7, 11) is 1.12. The first-order chi connectivity index (χ1) is 8.75. The van der Waals surface area contributed by atoms with Crippen LogP contribution in [0.5, 0.6) is 0 Å². The Balaban J connectivity index is 3.03. The Morgan fingerprint density at radius 2 is 2.11 bits per heavy atom. The summed E-state index contributed by atoms with van der Waals surface area (Å²) < 4.78 is 40.8. The standard InChI is InChI=1S/C12H14ClFO4S/c1-3-4-8(2)18-12(15)10-7-9(19(13,16)17)5-6-11(10)14/h5-8H,3-4H2,1-2H3. The third kappa shape index (κ3) is 4.47. The first-order valence-electron chi connectivity index (χ1n) is 5.71. The van der Waals surface area contributed by atoms with Crippen molar-refractivity contribution in [3.05, 3.63) is 29.6 Å². The van der Waals surface area contributed by atoms with Crippen LogP contribution >= 0.6 is 10.7 Å². The van der Waals surface area contributed by atoms with Crippen molar-refractivity contribution in [1.29, 1.82) is 0 Å². The fourth-order valence-corrected chi connectivity index (χ4v) is 2.30. The maximum atomic E-state index is 13.5. The summed E-state index contributed by atoms with van der Waals surface area (Å²) in [5.41, 5.74) is -0.440. The number of rotatable bonds is 5. The summed E-state index contributed by atoms with van der Waals surface area (Å²) in [4.78, 5) is 11.4. The molecule has 0 aromatic heterocycles. The van der Waals surface area contributed by atoms with Gasteiger partial charge < -0.3 is 4.74 Å². The van der Waals surface area contributed by atoms with Crippen molar-refractivity contribution in [3.8, 4) is 0 Å². The highest BCUT2D eigenvalue weighted by Crippen LogP contribution is 2.20. The van der Waals surface area contributed by atoms with Crippen molar-refractivity contribution in [2.75, 3.05) is 0 Å². The summed E-state index contributed by atoms with van der Waals surface area (Å²) in [6, 6.07) is 2.74. The molecule has 1 atom stereocenters. The molecule has 0 saturated heterocycles. The van der Waals surface area contributed by atoms with E-state index in [9.17, 15) is 17.6 Å². The van der Waals surface area contributed by atoms with Gasteiger partial charge in [-0.3, -0.25) is 0 Å². The second-order valence-corrected chi connectivity index (χ2v) is 6.65. The predicted molar refractivity (Wildman–Crippen MR) is 69.2 cm³/mol. The maximum absolute atomic E-state index is 13.5. The predicted octanol–water partition coefficient (Wildman–Crippen LogP) is 3.10. The molecule has 106 valence electrons. The van der Waals surface area contributed by atoms with Gasteiger partial charge in [0, 0.05) is 10.7 Å². The van der Waals surface area contributed by atoms with E-state index in [1.165, 1.54) is 0 Å². The van der Waals surface area contributed by atoms with Gasteiger partial charge in [0.25, 0.3) is 9.05 Å². The van der Waals surface area contributed by atoms with E-state index >= 15 is 0 Å². The molecular formula is C12H14ClFO4S. The molecule has 7 heteroatoms. The molecule has 0 fully saturated rings. The Bertz CT molecular complexity index is 571. The van der Waals surface area contributed by atoms with Crippen molar-refractivity contribution in [2.24, 2.45) is 0 Å². The molecule has 0 N–H and O–H groups in total. The van der Waals surface area contributed by atoms with Gasteiger partial charge >= 0.3 is 5.97 Å². The van der Waals surface area contributed by atoms with E-state index in [-0.39, 0.29) is 11.0 Å². The Morgan fingerprint density at radius 1 is 1.47 bits per heavy atom. The van der Waals surface area contributed by atoms with Crippen LogP contribution in [-0.4, -0.2) is 20.5 Å². The Hall–Kier alpha value is -1.14. The van der Waals surface area contributed by atoms with Crippen molar-refractivity contribution >= 4 is 25.7 Å². The molecule has 1 aromatic rings. The highest BCUT2D eigenvalue weighted by Gasteiger charge is 2.20. The molecule has 0 saturated carbocycles. The Kier molecular flexibility index (Phi) is 5.31. The van der Waals surface area contributed by atoms with Gasteiger partial charge in [-0.05, 0) is 31.5 Å². The molecule has 0 radical (unpaired) electrons. The number of hydrogen-bond acceptors (Lipinski definition) is 4. The van der Waals surface area contributed by atoms with E-state index in [2.05, 4.69) is 0 Å². The van der Waals surface area contributed by atoms with Gasteiger partial charge in [0.1, 0.15) is 5.82 Å². The van der Waals surface area contributed by atoms with Crippen LogP contribution in [0.4, 0.5) is 4.39 Å². The second-order valence-electron chi connectivity index (χ2n) is 4.08. The van der Waals surface area contributed by atoms with E-state index in [1.807, 2.05) is 6.92 Å². The monoisotopic (exact) mass is 308 g/mol. The van der Waals surface area contributed by atoms with Gasteiger partial charge in [0.05, 0.1) is 16.6 Å². The van der Waals surface area contributed by atoms with E-state index in [1.54, 1.807) is 6.92 Å². The summed E-state index contributed by atoms with van der Waals surface area (Å²) in [5.74, 6) is -1.75. The minimum absolute atomic E-state index is 0.342. The summed E-state index contributed by atoms with van der Waals surface area (Å²) in [6.45, 7) is 3.60. The van der Waals surface area contributed by atoms with Crippen LogP contribution < -0.4 is 0 Å². The van der Waals surface area contributed by atoms with E-state index < -0.39 is 26.4 Å². The lowest BCUT2D eigenvalue weighted by atomic mass is 10.2. The van der Waals surface area contributed by atoms with Crippen molar-refractivity contribution in [2.45, 2.75) is 37.7 Å². The molecule has 1 rings (SSSR count). The number of carbonyl (C=O) groups is 1. The molecule has 0 bridgehead atoms. The topological polar surface area (TPSA) is 60.4 Å². The molecule has 4 nitrogen and oxygen atoms in total. The van der Waals surface area contributed by atoms with E-state index in [0.29, 0.717) is 6.42 Å². The molecule has 0 aliphatic carbocycles. The second kappa shape index (κ2) is 6.34. The van der Waals surface area contributed by atoms with Crippen LogP contribution in [0.1, 0.15) is 37.0 Å².